The minimum atomic E-state index is -4.34. The van der Waals surface area contributed by atoms with E-state index < -0.39 is 12.8 Å². The molecule has 0 saturated carbocycles. The molecule has 1 aliphatic heterocycles. The highest BCUT2D eigenvalue weighted by Crippen LogP contribution is 2.26. The Bertz CT molecular complexity index is 1080. The van der Waals surface area contributed by atoms with Crippen molar-refractivity contribution >= 4 is 22.6 Å². The molecule has 1 fully saturated rings. The highest BCUT2D eigenvalue weighted by molar-refractivity contribution is 6.02. The smallest absolute Gasteiger partial charge is 0.367 e. The Balaban J connectivity index is 1.43. The lowest BCUT2D eigenvalue weighted by Crippen LogP contribution is -2.28. The number of fused-ring (bicyclic) bond motifs is 1. The van der Waals surface area contributed by atoms with Crippen LogP contribution in [0.5, 0.6) is 0 Å². The van der Waals surface area contributed by atoms with Crippen LogP contribution in [0, 0.1) is 0 Å². The second kappa shape index (κ2) is 9.56. The summed E-state index contributed by atoms with van der Waals surface area (Å²) in [4.78, 5) is 19.9. The number of halogens is 3. The number of nitrogens with one attached hydrogen (secondary N) is 1. The van der Waals surface area contributed by atoms with Crippen LogP contribution in [0.1, 0.15) is 34.3 Å². The minimum Gasteiger partial charge on any atom is -0.367 e. The molecule has 3 aromatic rings. The lowest BCUT2D eigenvalue weighted by Gasteiger charge is -2.20. The summed E-state index contributed by atoms with van der Waals surface area (Å²) in [7, 11) is 0. The van der Waals surface area contributed by atoms with E-state index in [1.165, 1.54) is 0 Å². The molecule has 168 valence electrons. The van der Waals surface area contributed by atoms with Crippen LogP contribution in [0.3, 0.4) is 0 Å². The second-order valence-electron chi connectivity index (χ2n) is 7.85. The Labute approximate surface area is 184 Å². The zero-order valence-corrected chi connectivity index (χ0v) is 17.5. The van der Waals surface area contributed by atoms with Gasteiger partial charge in [0.2, 0.25) is 0 Å². The highest BCUT2D eigenvalue weighted by Gasteiger charge is 2.27. The number of para-hydroxylation sites is 1. The van der Waals surface area contributed by atoms with E-state index in [0.717, 1.165) is 42.4 Å². The molecule has 32 heavy (non-hydrogen) atoms. The number of carbonyl (C=O) groups is 1. The number of nitrogens with zero attached hydrogens (tertiary/aromatic N) is 2. The molecule has 1 saturated heterocycles. The summed E-state index contributed by atoms with van der Waals surface area (Å²) in [5.41, 5.74) is 2.88. The molecule has 0 radical (unpaired) electrons. The van der Waals surface area contributed by atoms with E-state index in [2.05, 4.69) is 15.0 Å². The monoisotopic (exact) mass is 443 g/mol. The third kappa shape index (κ3) is 5.56. The van der Waals surface area contributed by atoms with E-state index in [1.54, 1.807) is 24.3 Å². The van der Waals surface area contributed by atoms with Gasteiger partial charge in [-0.3, -0.25) is 4.79 Å². The topological polar surface area (TPSA) is 54.5 Å². The maximum atomic E-state index is 13.0. The number of alkyl halides is 3. The minimum absolute atomic E-state index is 0.117. The van der Waals surface area contributed by atoms with Gasteiger partial charge in [-0.05, 0) is 36.1 Å². The fourth-order valence-electron chi connectivity index (χ4n) is 3.76. The third-order valence-corrected chi connectivity index (χ3v) is 5.36. The molecular formula is C24H24F3N3O2. The number of carbonyl (C=O) groups excluding carboxylic acids is 1. The van der Waals surface area contributed by atoms with Crippen molar-refractivity contribution in [3.05, 3.63) is 71.3 Å². The van der Waals surface area contributed by atoms with Gasteiger partial charge in [0.25, 0.3) is 5.91 Å². The van der Waals surface area contributed by atoms with E-state index in [0.29, 0.717) is 23.5 Å². The predicted octanol–water partition coefficient (Wildman–Crippen LogP) is 4.84. The molecule has 5 nitrogen and oxygen atoms in total. The van der Waals surface area contributed by atoms with Crippen LogP contribution in [0.25, 0.3) is 10.9 Å². The fraction of sp³-hybridized carbons (Fsp3) is 0.333. The summed E-state index contributed by atoms with van der Waals surface area (Å²) in [6.07, 6.45) is -2.18. The first-order valence-electron chi connectivity index (χ1n) is 10.5. The Hall–Kier alpha value is -3.13. The van der Waals surface area contributed by atoms with Crippen LogP contribution in [0.4, 0.5) is 19.0 Å². The summed E-state index contributed by atoms with van der Waals surface area (Å²) < 4.78 is 41.2. The van der Waals surface area contributed by atoms with Crippen molar-refractivity contribution in [2.75, 3.05) is 24.6 Å². The quantitative estimate of drug-likeness (QED) is 0.568. The summed E-state index contributed by atoms with van der Waals surface area (Å²) in [5, 5.41) is 3.85. The van der Waals surface area contributed by atoms with Crippen molar-refractivity contribution < 1.29 is 22.7 Å². The standard InChI is InChI=1S/C24H24F3N3O2/c25-24(26,27)16-32-15-18-9-7-17(8-10-18)14-28-23(31)20-13-19-5-1-2-6-21(19)29-22(20)30-11-3-4-12-30/h1-2,5-10,13H,3-4,11-12,14-16H2,(H,28,31). The average Bonchev–Trinajstić information content (AvgIpc) is 3.31. The first-order valence-corrected chi connectivity index (χ1v) is 10.5. The molecule has 0 aliphatic carbocycles. The Morgan fingerprint density at radius 1 is 1.03 bits per heavy atom. The summed E-state index contributed by atoms with van der Waals surface area (Å²) in [5.74, 6) is 0.499. The number of aromatic nitrogens is 1. The number of hydrogen-bond acceptors (Lipinski definition) is 4. The normalized spacial score (nSPS) is 14.2. The average molecular weight is 443 g/mol. The molecule has 4 rings (SSSR count). The molecule has 1 amide bonds. The molecule has 1 aromatic heterocycles. The SMILES string of the molecule is O=C(NCc1ccc(COCC(F)(F)F)cc1)c1cc2ccccc2nc1N1CCCC1. The number of amides is 1. The zero-order valence-electron chi connectivity index (χ0n) is 17.5. The molecule has 0 unspecified atom stereocenters. The van der Waals surface area contributed by atoms with E-state index in [9.17, 15) is 18.0 Å². The van der Waals surface area contributed by atoms with Crippen molar-refractivity contribution in [2.24, 2.45) is 0 Å². The van der Waals surface area contributed by atoms with E-state index in [-0.39, 0.29) is 12.5 Å². The molecule has 8 heteroatoms. The molecule has 0 bridgehead atoms. The van der Waals surface area contributed by atoms with Gasteiger partial charge in [0.1, 0.15) is 12.4 Å². The molecule has 1 N–H and O–H groups in total. The maximum Gasteiger partial charge on any atom is 0.411 e. The summed E-state index contributed by atoms with van der Waals surface area (Å²) >= 11 is 0. The van der Waals surface area contributed by atoms with Crippen LogP contribution < -0.4 is 10.2 Å². The van der Waals surface area contributed by atoms with Gasteiger partial charge < -0.3 is 15.0 Å². The van der Waals surface area contributed by atoms with Crippen molar-refractivity contribution in [1.29, 1.82) is 0 Å². The van der Waals surface area contributed by atoms with Crippen LogP contribution in [-0.4, -0.2) is 36.8 Å². The molecule has 2 aromatic carbocycles. The van der Waals surface area contributed by atoms with Crippen LogP contribution in [0.2, 0.25) is 0 Å². The Morgan fingerprint density at radius 2 is 1.72 bits per heavy atom. The summed E-state index contributed by atoms with van der Waals surface area (Å²) in [6, 6.07) is 16.5. The van der Waals surface area contributed by atoms with E-state index in [4.69, 9.17) is 4.98 Å². The second-order valence-corrected chi connectivity index (χ2v) is 7.85. The molecule has 2 heterocycles. The molecule has 0 spiro atoms. The predicted molar refractivity (Wildman–Crippen MR) is 117 cm³/mol. The Morgan fingerprint density at radius 3 is 2.44 bits per heavy atom. The summed E-state index contributed by atoms with van der Waals surface area (Å²) in [6.45, 7) is 0.666. The largest absolute Gasteiger partial charge is 0.411 e. The van der Waals surface area contributed by atoms with Gasteiger partial charge in [-0.1, -0.05) is 42.5 Å². The number of pyridine rings is 1. The number of ether oxygens (including phenoxy) is 1. The van der Waals surface area contributed by atoms with Crippen molar-refractivity contribution in [3.8, 4) is 0 Å². The van der Waals surface area contributed by atoms with Crippen molar-refractivity contribution in [2.45, 2.75) is 32.2 Å². The van der Waals surface area contributed by atoms with E-state index >= 15 is 0 Å². The van der Waals surface area contributed by atoms with Crippen LogP contribution >= 0.6 is 0 Å². The van der Waals surface area contributed by atoms with Gasteiger partial charge in [0.05, 0.1) is 17.7 Å². The van der Waals surface area contributed by atoms with Gasteiger partial charge >= 0.3 is 6.18 Å². The van der Waals surface area contributed by atoms with Crippen molar-refractivity contribution in [1.82, 2.24) is 10.3 Å². The highest BCUT2D eigenvalue weighted by atomic mass is 19.4. The van der Waals surface area contributed by atoms with Crippen LogP contribution in [0.15, 0.2) is 54.6 Å². The van der Waals surface area contributed by atoms with Gasteiger partial charge in [-0.15, -0.1) is 0 Å². The van der Waals surface area contributed by atoms with Crippen molar-refractivity contribution in [3.63, 3.8) is 0 Å². The third-order valence-electron chi connectivity index (χ3n) is 5.36. The van der Waals surface area contributed by atoms with Gasteiger partial charge in [-0.25, -0.2) is 4.98 Å². The van der Waals surface area contributed by atoms with Gasteiger partial charge in [0.15, 0.2) is 0 Å². The van der Waals surface area contributed by atoms with E-state index in [1.807, 2.05) is 30.3 Å². The first kappa shape index (κ1) is 22.1. The number of benzene rings is 2. The maximum absolute atomic E-state index is 13.0. The lowest BCUT2D eigenvalue weighted by atomic mass is 10.1. The zero-order chi connectivity index (χ0) is 22.6. The number of rotatable bonds is 7. The molecule has 1 aliphatic rings. The van der Waals surface area contributed by atoms with Crippen LogP contribution in [-0.2, 0) is 17.9 Å². The van der Waals surface area contributed by atoms with Gasteiger partial charge in [0, 0.05) is 25.0 Å². The molecular weight excluding hydrogens is 419 g/mol. The lowest BCUT2D eigenvalue weighted by molar-refractivity contribution is -0.176. The number of hydrogen-bond donors (Lipinski definition) is 1. The Kier molecular flexibility index (Phi) is 6.60. The number of anilines is 1. The fourth-order valence-corrected chi connectivity index (χ4v) is 3.76. The molecule has 0 atom stereocenters. The van der Waals surface area contributed by atoms with Gasteiger partial charge in [-0.2, -0.15) is 13.2 Å². The first-order chi connectivity index (χ1) is 15.4.